The first-order valence-electron chi connectivity index (χ1n) is 10.0. The van der Waals surface area contributed by atoms with Crippen molar-refractivity contribution in [2.75, 3.05) is 24.5 Å². The normalized spacial score (nSPS) is 16.9. The number of aryl methyl sites for hydroxylation is 2. The molecule has 1 saturated heterocycles. The summed E-state index contributed by atoms with van der Waals surface area (Å²) in [5.74, 6) is 0.967. The van der Waals surface area contributed by atoms with E-state index in [0.717, 1.165) is 41.6 Å². The number of benzene rings is 2. The van der Waals surface area contributed by atoms with E-state index in [1.54, 1.807) is 0 Å². The van der Waals surface area contributed by atoms with Gasteiger partial charge >= 0.3 is 0 Å². The van der Waals surface area contributed by atoms with Crippen LogP contribution in [-0.4, -0.2) is 45.8 Å². The van der Waals surface area contributed by atoms with E-state index in [9.17, 15) is 4.79 Å². The van der Waals surface area contributed by atoms with E-state index in [-0.39, 0.29) is 11.9 Å². The van der Waals surface area contributed by atoms with Crippen LogP contribution in [0.1, 0.15) is 39.8 Å². The minimum absolute atomic E-state index is 0.106. The highest BCUT2D eigenvalue weighted by molar-refractivity contribution is 7.09. The molecule has 6 heteroatoms. The van der Waals surface area contributed by atoms with Crippen molar-refractivity contribution in [2.24, 2.45) is 0 Å². The molecule has 0 saturated carbocycles. The highest BCUT2D eigenvalue weighted by Gasteiger charge is 2.29. The van der Waals surface area contributed by atoms with E-state index >= 15 is 0 Å². The van der Waals surface area contributed by atoms with E-state index in [2.05, 4.69) is 47.4 Å². The Labute approximate surface area is 176 Å². The van der Waals surface area contributed by atoms with Gasteiger partial charge in [0.25, 0.3) is 5.91 Å². The van der Waals surface area contributed by atoms with Crippen molar-refractivity contribution in [2.45, 2.75) is 33.2 Å². The van der Waals surface area contributed by atoms with Crippen molar-refractivity contribution >= 4 is 22.6 Å². The molecule has 3 aromatic rings. The van der Waals surface area contributed by atoms with Gasteiger partial charge < -0.3 is 9.80 Å². The monoisotopic (exact) mass is 406 g/mol. The molecule has 4 rings (SSSR count). The Kier molecular flexibility index (Phi) is 5.62. The summed E-state index contributed by atoms with van der Waals surface area (Å²) in [5.41, 5.74) is 4.40. The number of hydrogen-bond donors (Lipinski definition) is 0. The summed E-state index contributed by atoms with van der Waals surface area (Å²) in [6, 6.07) is 16.4. The van der Waals surface area contributed by atoms with Crippen LogP contribution in [0, 0.1) is 13.8 Å². The van der Waals surface area contributed by atoms with Crippen LogP contribution in [0.4, 0.5) is 5.13 Å². The van der Waals surface area contributed by atoms with Crippen molar-refractivity contribution < 1.29 is 4.79 Å². The topological polar surface area (TPSA) is 49.3 Å². The Morgan fingerprint density at radius 2 is 1.69 bits per heavy atom. The highest BCUT2D eigenvalue weighted by Crippen LogP contribution is 2.23. The summed E-state index contributed by atoms with van der Waals surface area (Å²) in [6.07, 6.45) is 0.748. The molecule has 0 aliphatic carbocycles. The molecule has 5 nitrogen and oxygen atoms in total. The maximum atomic E-state index is 12.9. The smallest absolute Gasteiger partial charge is 0.254 e. The van der Waals surface area contributed by atoms with Crippen LogP contribution in [0.2, 0.25) is 0 Å². The molecule has 0 spiro atoms. The molecule has 0 radical (unpaired) electrons. The summed E-state index contributed by atoms with van der Waals surface area (Å²) in [4.78, 5) is 21.8. The lowest BCUT2D eigenvalue weighted by Gasteiger charge is -2.39. The molecular formula is C23H26N4OS. The zero-order chi connectivity index (χ0) is 20.4. The first-order chi connectivity index (χ1) is 14.0. The molecule has 1 aliphatic heterocycles. The molecule has 1 atom stereocenters. The lowest BCUT2D eigenvalue weighted by molar-refractivity contribution is 0.0674. The number of carbonyl (C=O) groups is 1. The third kappa shape index (κ3) is 4.48. The van der Waals surface area contributed by atoms with Gasteiger partial charge in [-0.1, -0.05) is 47.5 Å². The number of carbonyl (C=O) groups excluding carboxylic acids is 1. The predicted octanol–water partition coefficient (Wildman–Crippen LogP) is 4.10. The number of rotatable bonds is 4. The van der Waals surface area contributed by atoms with Crippen molar-refractivity contribution in [3.8, 4) is 0 Å². The molecule has 29 heavy (non-hydrogen) atoms. The van der Waals surface area contributed by atoms with Gasteiger partial charge in [0, 0.05) is 49.2 Å². The van der Waals surface area contributed by atoms with Gasteiger partial charge in [-0.05, 0) is 38.5 Å². The average Bonchev–Trinajstić information content (AvgIpc) is 3.18. The molecule has 1 aromatic heterocycles. The van der Waals surface area contributed by atoms with E-state index in [0.29, 0.717) is 6.54 Å². The molecule has 2 heterocycles. The van der Waals surface area contributed by atoms with E-state index in [1.165, 1.54) is 22.7 Å². The fourth-order valence-electron chi connectivity index (χ4n) is 3.63. The lowest BCUT2D eigenvalue weighted by Crippen LogP contribution is -2.54. The van der Waals surface area contributed by atoms with Gasteiger partial charge in [-0.3, -0.25) is 4.79 Å². The molecule has 1 fully saturated rings. The number of hydrogen-bond acceptors (Lipinski definition) is 5. The van der Waals surface area contributed by atoms with Gasteiger partial charge in [-0.15, -0.1) is 0 Å². The molecule has 1 aliphatic rings. The largest absolute Gasteiger partial charge is 0.343 e. The average molecular weight is 407 g/mol. The molecule has 0 N–H and O–H groups in total. The summed E-state index contributed by atoms with van der Waals surface area (Å²) < 4.78 is 4.55. The number of piperazine rings is 1. The maximum Gasteiger partial charge on any atom is 0.254 e. The minimum Gasteiger partial charge on any atom is -0.343 e. The molecule has 150 valence electrons. The Bertz CT molecular complexity index is 981. The van der Waals surface area contributed by atoms with Gasteiger partial charge in [0.1, 0.15) is 5.82 Å². The van der Waals surface area contributed by atoms with Crippen LogP contribution in [-0.2, 0) is 6.42 Å². The number of nitrogens with zero attached hydrogens (tertiary/aromatic N) is 4. The first-order valence-corrected chi connectivity index (χ1v) is 10.8. The van der Waals surface area contributed by atoms with E-state index < -0.39 is 0 Å². The van der Waals surface area contributed by atoms with Gasteiger partial charge in [-0.2, -0.15) is 4.37 Å². The van der Waals surface area contributed by atoms with Crippen molar-refractivity contribution in [1.29, 1.82) is 0 Å². The minimum atomic E-state index is 0.106. The van der Waals surface area contributed by atoms with Gasteiger partial charge in [0.15, 0.2) is 0 Å². The molecule has 2 aromatic carbocycles. The SMILES string of the molecule is Cc1ccc(Cc2nsc(N3CCN(C(=O)c4ccc(C)cc4)[C@@H](C)C3)n2)cc1. The van der Waals surface area contributed by atoms with Crippen LogP contribution in [0.3, 0.4) is 0 Å². The third-order valence-electron chi connectivity index (χ3n) is 5.40. The standard InChI is InChI=1S/C23H26N4OS/c1-16-4-8-19(9-5-16)14-21-24-23(29-25-21)26-12-13-27(18(3)15-26)22(28)20-10-6-17(2)7-11-20/h4-11,18H,12-15H2,1-3H3/t18-/m0/s1. The molecule has 1 amide bonds. The fourth-order valence-corrected chi connectivity index (χ4v) is 4.35. The van der Waals surface area contributed by atoms with Crippen LogP contribution in [0.5, 0.6) is 0 Å². The lowest BCUT2D eigenvalue weighted by atomic mass is 10.1. The second kappa shape index (κ2) is 8.33. The Morgan fingerprint density at radius 3 is 2.34 bits per heavy atom. The van der Waals surface area contributed by atoms with Gasteiger partial charge in [0.05, 0.1) is 0 Å². The van der Waals surface area contributed by atoms with Crippen molar-refractivity contribution in [1.82, 2.24) is 14.3 Å². The summed E-state index contributed by atoms with van der Waals surface area (Å²) in [5, 5.41) is 0.946. The van der Waals surface area contributed by atoms with E-state index in [1.807, 2.05) is 36.1 Å². The third-order valence-corrected chi connectivity index (χ3v) is 6.21. The Hall–Kier alpha value is -2.73. The van der Waals surface area contributed by atoms with E-state index in [4.69, 9.17) is 4.98 Å². The van der Waals surface area contributed by atoms with Crippen LogP contribution in [0.15, 0.2) is 48.5 Å². The van der Waals surface area contributed by atoms with Gasteiger partial charge in [0.2, 0.25) is 5.13 Å². The molecule has 0 bridgehead atoms. The van der Waals surface area contributed by atoms with Gasteiger partial charge in [-0.25, -0.2) is 4.98 Å². The number of amides is 1. The second-order valence-electron chi connectivity index (χ2n) is 7.82. The summed E-state index contributed by atoms with van der Waals surface area (Å²) >= 11 is 1.45. The quantitative estimate of drug-likeness (QED) is 0.655. The zero-order valence-electron chi connectivity index (χ0n) is 17.1. The van der Waals surface area contributed by atoms with Crippen LogP contribution in [0.25, 0.3) is 0 Å². The second-order valence-corrected chi connectivity index (χ2v) is 8.55. The van der Waals surface area contributed by atoms with Crippen molar-refractivity contribution in [3.05, 3.63) is 76.6 Å². The van der Waals surface area contributed by atoms with Crippen LogP contribution >= 0.6 is 11.5 Å². The number of anilines is 1. The zero-order valence-corrected chi connectivity index (χ0v) is 17.9. The Balaban J connectivity index is 1.39. The highest BCUT2D eigenvalue weighted by atomic mass is 32.1. The maximum absolute atomic E-state index is 12.9. The van der Waals surface area contributed by atoms with Crippen LogP contribution < -0.4 is 4.90 Å². The Morgan fingerprint density at radius 1 is 1.03 bits per heavy atom. The molecular weight excluding hydrogens is 380 g/mol. The summed E-state index contributed by atoms with van der Waals surface area (Å²) in [7, 11) is 0. The van der Waals surface area contributed by atoms with Crippen molar-refractivity contribution in [3.63, 3.8) is 0 Å². The fraction of sp³-hybridized carbons (Fsp3) is 0.348. The predicted molar refractivity (Wildman–Crippen MR) is 118 cm³/mol. The summed E-state index contributed by atoms with van der Waals surface area (Å²) in [6.45, 7) is 8.48. The number of aromatic nitrogens is 2. The first kappa shape index (κ1) is 19.6. The molecule has 0 unspecified atom stereocenters.